The summed E-state index contributed by atoms with van der Waals surface area (Å²) in [5.74, 6) is 1.21. The number of amides is 2. The van der Waals surface area contributed by atoms with Gasteiger partial charge in [-0.1, -0.05) is 23.4 Å². The van der Waals surface area contributed by atoms with Crippen LogP contribution in [0.15, 0.2) is 28.8 Å². The molecule has 7 nitrogen and oxygen atoms in total. The van der Waals surface area contributed by atoms with E-state index in [0.29, 0.717) is 42.8 Å². The Morgan fingerprint density at radius 2 is 2.07 bits per heavy atom. The van der Waals surface area contributed by atoms with Crippen molar-refractivity contribution in [3.05, 3.63) is 46.8 Å². The van der Waals surface area contributed by atoms with E-state index in [1.54, 1.807) is 18.7 Å². The summed E-state index contributed by atoms with van der Waals surface area (Å²) >= 11 is 0. The maximum atomic E-state index is 13.0. The molecular weight excluding hydrogens is 358 g/mol. The summed E-state index contributed by atoms with van der Waals surface area (Å²) in [6, 6.07) is 7.58. The van der Waals surface area contributed by atoms with Gasteiger partial charge in [0, 0.05) is 38.4 Å². The van der Waals surface area contributed by atoms with E-state index in [2.05, 4.69) is 10.5 Å². The van der Waals surface area contributed by atoms with E-state index in [9.17, 15) is 9.59 Å². The van der Waals surface area contributed by atoms with Crippen molar-refractivity contribution >= 4 is 11.8 Å². The molecule has 1 aromatic heterocycles. The molecule has 0 unspecified atom stereocenters. The van der Waals surface area contributed by atoms with E-state index in [0.717, 1.165) is 17.7 Å². The lowest BCUT2D eigenvalue weighted by Gasteiger charge is -2.42. The van der Waals surface area contributed by atoms with E-state index in [-0.39, 0.29) is 17.9 Å². The molecule has 2 amide bonds. The smallest absolute Gasteiger partial charge is 0.257 e. The first kappa shape index (κ1) is 18.5. The zero-order chi connectivity index (χ0) is 19.9. The topological polar surface area (TPSA) is 84.7 Å². The van der Waals surface area contributed by atoms with Crippen LogP contribution in [-0.4, -0.2) is 41.1 Å². The molecule has 0 radical (unpaired) electrons. The third-order valence-corrected chi connectivity index (χ3v) is 5.89. The molecule has 7 heteroatoms. The second-order valence-electron chi connectivity index (χ2n) is 7.82. The van der Waals surface area contributed by atoms with Crippen LogP contribution in [0.1, 0.15) is 59.1 Å². The average Bonchev–Trinajstić information content (AvgIpc) is 2.96. The number of hydrogen-bond donors (Lipinski definition) is 1. The molecule has 148 valence electrons. The van der Waals surface area contributed by atoms with Gasteiger partial charge in [-0.15, -0.1) is 0 Å². The van der Waals surface area contributed by atoms with Gasteiger partial charge < -0.3 is 19.5 Å². The number of nitrogens with zero attached hydrogens (tertiary/aromatic N) is 2. The molecule has 1 saturated heterocycles. The van der Waals surface area contributed by atoms with E-state index < -0.39 is 5.60 Å². The number of carbonyl (C=O) groups excluding carboxylic acids is 2. The highest BCUT2D eigenvalue weighted by atomic mass is 16.5. The molecule has 1 fully saturated rings. The molecule has 2 aromatic rings. The van der Waals surface area contributed by atoms with Crippen molar-refractivity contribution < 1.29 is 18.8 Å². The number of rotatable bonds is 2. The average molecular weight is 383 g/mol. The van der Waals surface area contributed by atoms with Crippen LogP contribution in [0.25, 0.3) is 0 Å². The van der Waals surface area contributed by atoms with E-state index in [1.807, 2.05) is 31.3 Å². The third-order valence-electron chi connectivity index (χ3n) is 5.89. The van der Waals surface area contributed by atoms with Crippen LogP contribution < -0.4 is 10.1 Å². The second-order valence-corrected chi connectivity index (χ2v) is 7.82. The van der Waals surface area contributed by atoms with Crippen molar-refractivity contribution in [3.8, 4) is 5.75 Å². The van der Waals surface area contributed by atoms with Gasteiger partial charge in [-0.3, -0.25) is 9.59 Å². The van der Waals surface area contributed by atoms with Gasteiger partial charge in [0.05, 0.1) is 11.7 Å². The minimum absolute atomic E-state index is 0.135. The molecular formula is C21H25N3O4. The fourth-order valence-corrected chi connectivity index (χ4v) is 4.24. The second kappa shape index (κ2) is 6.96. The fraction of sp³-hybridized carbons (Fsp3) is 0.476. The van der Waals surface area contributed by atoms with Gasteiger partial charge in [0.1, 0.15) is 22.7 Å². The van der Waals surface area contributed by atoms with Crippen LogP contribution in [-0.2, 0) is 4.79 Å². The normalized spacial score (nSPS) is 24.5. The molecule has 4 rings (SSSR count). The predicted molar refractivity (Wildman–Crippen MR) is 102 cm³/mol. The molecule has 2 aliphatic heterocycles. The van der Waals surface area contributed by atoms with Crippen molar-refractivity contribution in [2.75, 3.05) is 13.6 Å². The summed E-state index contributed by atoms with van der Waals surface area (Å²) in [6.07, 6.45) is 2.45. The lowest BCUT2D eigenvalue weighted by Crippen LogP contribution is -2.46. The van der Waals surface area contributed by atoms with Crippen LogP contribution in [0.4, 0.5) is 0 Å². The van der Waals surface area contributed by atoms with Gasteiger partial charge >= 0.3 is 0 Å². The third kappa shape index (κ3) is 3.25. The van der Waals surface area contributed by atoms with Crippen molar-refractivity contribution in [1.29, 1.82) is 0 Å². The first-order valence-corrected chi connectivity index (χ1v) is 9.64. The van der Waals surface area contributed by atoms with E-state index in [4.69, 9.17) is 9.26 Å². The van der Waals surface area contributed by atoms with Crippen molar-refractivity contribution in [3.63, 3.8) is 0 Å². The summed E-state index contributed by atoms with van der Waals surface area (Å²) in [5.41, 5.74) is 1.54. The molecule has 3 heterocycles. The number of carbonyl (C=O) groups is 2. The predicted octanol–water partition coefficient (Wildman–Crippen LogP) is 2.93. The van der Waals surface area contributed by atoms with Crippen LogP contribution in [0.5, 0.6) is 5.75 Å². The molecule has 28 heavy (non-hydrogen) atoms. The van der Waals surface area contributed by atoms with Crippen LogP contribution in [0, 0.1) is 13.8 Å². The van der Waals surface area contributed by atoms with Gasteiger partial charge in [0.15, 0.2) is 0 Å². The lowest BCUT2D eigenvalue weighted by molar-refractivity contribution is -0.129. The number of para-hydroxylation sites is 1. The highest BCUT2D eigenvalue weighted by molar-refractivity contribution is 5.96. The number of fused-ring (bicyclic) bond motifs is 1. The Balaban J connectivity index is 1.64. The van der Waals surface area contributed by atoms with Crippen LogP contribution in [0.3, 0.4) is 0 Å². The van der Waals surface area contributed by atoms with Gasteiger partial charge in [-0.25, -0.2) is 0 Å². The summed E-state index contributed by atoms with van der Waals surface area (Å²) < 4.78 is 11.6. The highest BCUT2D eigenvalue weighted by Gasteiger charge is 2.43. The Kier molecular flexibility index (Phi) is 4.61. The molecule has 2 atom stereocenters. The number of benzene rings is 1. The number of ether oxygens (including phenoxy) is 1. The minimum atomic E-state index is -0.467. The maximum Gasteiger partial charge on any atom is 0.257 e. The molecule has 0 saturated carbocycles. The first-order valence-electron chi connectivity index (χ1n) is 9.64. The standard InChI is InChI=1S/C21H25N3O4/c1-13-19(14(2)28-23-13)20(26)22-16-12-21(9-8-18(25)24(3)11-10-21)27-17-7-5-4-6-15(16)17/h4-7,16H,8-12H2,1-3H3,(H,22,26)/t16-,21-/m1/s1. The van der Waals surface area contributed by atoms with Crippen molar-refractivity contribution in [2.45, 2.75) is 51.2 Å². The highest BCUT2D eigenvalue weighted by Crippen LogP contribution is 2.44. The number of hydrogen-bond acceptors (Lipinski definition) is 5. The molecule has 0 bridgehead atoms. The lowest BCUT2D eigenvalue weighted by atomic mass is 9.82. The van der Waals surface area contributed by atoms with E-state index in [1.165, 1.54) is 0 Å². The van der Waals surface area contributed by atoms with Crippen LogP contribution in [0.2, 0.25) is 0 Å². The molecule has 1 N–H and O–H groups in total. The van der Waals surface area contributed by atoms with Gasteiger partial charge in [-0.2, -0.15) is 0 Å². The Labute approximate surface area is 164 Å². The quantitative estimate of drug-likeness (QED) is 0.862. The zero-order valence-corrected chi connectivity index (χ0v) is 16.4. The minimum Gasteiger partial charge on any atom is -0.487 e. The summed E-state index contributed by atoms with van der Waals surface area (Å²) in [4.78, 5) is 26.9. The Hall–Kier alpha value is -2.83. The Morgan fingerprint density at radius 3 is 2.82 bits per heavy atom. The number of nitrogens with one attached hydrogen (secondary N) is 1. The van der Waals surface area contributed by atoms with Gasteiger partial charge in [0.25, 0.3) is 5.91 Å². The monoisotopic (exact) mass is 383 g/mol. The number of aromatic nitrogens is 1. The van der Waals surface area contributed by atoms with E-state index >= 15 is 0 Å². The zero-order valence-electron chi connectivity index (χ0n) is 16.4. The summed E-state index contributed by atoms with van der Waals surface area (Å²) in [5, 5.41) is 7.04. The summed E-state index contributed by atoms with van der Waals surface area (Å²) in [6.45, 7) is 4.14. The van der Waals surface area contributed by atoms with Gasteiger partial charge in [-0.05, 0) is 26.3 Å². The first-order chi connectivity index (χ1) is 13.4. The number of aryl methyl sites for hydroxylation is 2. The fourth-order valence-electron chi connectivity index (χ4n) is 4.24. The largest absolute Gasteiger partial charge is 0.487 e. The molecule has 1 spiro atoms. The molecule has 0 aliphatic carbocycles. The van der Waals surface area contributed by atoms with Gasteiger partial charge in [0.2, 0.25) is 5.91 Å². The number of likely N-dealkylation sites (tertiary alicyclic amines) is 1. The Bertz CT molecular complexity index is 903. The molecule has 2 aliphatic rings. The Morgan fingerprint density at radius 1 is 1.29 bits per heavy atom. The maximum absolute atomic E-state index is 13.0. The van der Waals surface area contributed by atoms with Crippen LogP contribution >= 0.6 is 0 Å². The van der Waals surface area contributed by atoms with Crippen molar-refractivity contribution in [2.24, 2.45) is 0 Å². The SMILES string of the molecule is Cc1noc(C)c1C(=O)N[C@@H]1C[C@]2(CCC(=O)N(C)CC2)Oc2ccccc21. The molecule has 1 aromatic carbocycles. The van der Waals surface area contributed by atoms with Crippen molar-refractivity contribution in [1.82, 2.24) is 15.4 Å². The summed E-state index contributed by atoms with van der Waals surface area (Å²) in [7, 11) is 1.83.